The summed E-state index contributed by atoms with van der Waals surface area (Å²) in [6.45, 7) is 2.88. The fourth-order valence-electron chi connectivity index (χ4n) is 1.84. The lowest BCUT2D eigenvalue weighted by molar-refractivity contribution is -0.118. The lowest BCUT2D eigenvalue weighted by atomic mass is 10.2. The average molecular weight is 308 g/mol. The van der Waals surface area contributed by atoms with E-state index in [2.05, 4.69) is 22.4 Å². The first-order valence-corrected chi connectivity index (χ1v) is 8.03. The van der Waals surface area contributed by atoms with Crippen LogP contribution in [0.25, 0.3) is 11.6 Å². The third-order valence-electron chi connectivity index (χ3n) is 3.01. The number of furan rings is 1. The van der Waals surface area contributed by atoms with Gasteiger partial charge in [0.05, 0.1) is 12.0 Å². The molecule has 0 aromatic carbocycles. The van der Waals surface area contributed by atoms with Gasteiger partial charge in [0.1, 0.15) is 0 Å². The number of nitrogens with zero attached hydrogens (tertiary/aromatic N) is 3. The minimum Gasteiger partial charge on any atom is -0.461 e. The van der Waals surface area contributed by atoms with Crippen LogP contribution in [0.15, 0.2) is 28.0 Å². The Kier molecular flexibility index (Phi) is 5.86. The second-order valence-electron chi connectivity index (χ2n) is 4.69. The van der Waals surface area contributed by atoms with Gasteiger partial charge in [-0.3, -0.25) is 4.79 Å². The van der Waals surface area contributed by atoms with Gasteiger partial charge in [0.15, 0.2) is 16.7 Å². The molecule has 0 spiro atoms. The molecule has 0 fully saturated rings. The Bertz CT molecular complexity index is 566. The van der Waals surface area contributed by atoms with E-state index in [1.807, 2.05) is 17.7 Å². The highest BCUT2D eigenvalue weighted by Crippen LogP contribution is 2.22. The SMILES string of the molecule is CCCCCNC(=O)CSc1nnc(-c2ccco2)n1C. The zero-order chi connectivity index (χ0) is 15.1. The first-order chi connectivity index (χ1) is 10.2. The van der Waals surface area contributed by atoms with Crippen LogP contribution in [0.2, 0.25) is 0 Å². The van der Waals surface area contributed by atoms with Gasteiger partial charge in [-0.2, -0.15) is 0 Å². The largest absolute Gasteiger partial charge is 0.461 e. The summed E-state index contributed by atoms with van der Waals surface area (Å²) in [6.07, 6.45) is 4.92. The van der Waals surface area contributed by atoms with Crippen LogP contribution in [-0.2, 0) is 11.8 Å². The monoisotopic (exact) mass is 308 g/mol. The maximum atomic E-state index is 11.7. The maximum absolute atomic E-state index is 11.7. The second-order valence-corrected chi connectivity index (χ2v) is 5.63. The molecule has 0 aliphatic rings. The first-order valence-electron chi connectivity index (χ1n) is 7.05. The van der Waals surface area contributed by atoms with Gasteiger partial charge in [0, 0.05) is 13.6 Å². The van der Waals surface area contributed by atoms with Gasteiger partial charge in [-0.05, 0) is 18.6 Å². The second kappa shape index (κ2) is 7.87. The molecule has 2 aromatic rings. The lowest BCUT2D eigenvalue weighted by Crippen LogP contribution is -2.26. The van der Waals surface area contributed by atoms with Crippen molar-refractivity contribution < 1.29 is 9.21 Å². The van der Waals surface area contributed by atoms with Crippen molar-refractivity contribution in [3.8, 4) is 11.6 Å². The summed E-state index contributed by atoms with van der Waals surface area (Å²) in [5.74, 6) is 1.70. The van der Waals surface area contributed by atoms with Crippen LogP contribution in [-0.4, -0.2) is 33.0 Å². The summed E-state index contributed by atoms with van der Waals surface area (Å²) in [5, 5.41) is 11.8. The number of aromatic nitrogens is 3. The van der Waals surface area contributed by atoms with Crippen molar-refractivity contribution in [2.24, 2.45) is 7.05 Å². The molecule has 114 valence electrons. The smallest absolute Gasteiger partial charge is 0.230 e. The number of unbranched alkanes of at least 4 members (excludes halogenated alkanes) is 2. The highest BCUT2D eigenvalue weighted by atomic mass is 32.2. The molecule has 0 saturated heterocycles. The van der Waals surface area contributed by atoms with E-state index in [1.165, 1.54) is 11.8 Å². The zero-order valence-electron chi connectivity index (χ0n) is 12.3. The van der Waals surface area contributed by atoms with E-state index in [-0.39, 0.29) is 5.91 Å². The summed E-state index contributed by atoms with van der Waals surface area (Å²) in [5.41, 5.74) is 0. The van der Waals surface area contributed by atoms with Gasteiger partial charge in [0.2, 0.25) is 5.91 Å². The Morgan fingerprint density at radius 2 is 2.29 bits per heavy atom. The Morgan fingerprint density at radius 1 is 1.43 bits per heavy atom. The van der Waals surface area contributed by atoms with E-state index >= 15 is 0 Å². The van der Waals surface area contributed by atoms with Gasteiger partial charge >= 0.3 is 0 Å². The zero-order valence-corrected chi connectivity index (χ0v) is 13.2. The topological polar surface area (TPSA) is 73.0 Å². The van der Waals surface area contributed by atoms with E-state index in [0.717, 1.165) is 25.8 Å². The number of carbonyl (C=O) groups is 1. The molecule has 0 atom stereocenters. The predicted molar refractivity (Wildman–Crippen MR) is 82.0 cm³/mol. The van der Waals surface area contributed by atoms with E-state index < -0.39 is 0 Å². The van der Waals surface area contributed by atoms with E-state index in [0.29, 0.717) is 22.5 Å². The molecule has 7 heteroatoms. The van der Waals surface area contributed by atoms with Crippen LogP contribution in [0.5, 0.6) is 0 Å². The molecule has 1 amide bonds. The van der Waals surface area contributed by atoms with Gasteiger partial charge < -0.3 is 14.3 Å². The fraction of sp³-hybridized carbons (Fsp3) is 0.500. The van der Waals surface area contributed by atoms with Crippen LogP contribution in [0, 0.1) is 0 Å². The molecule has 0 aliphatic heterocycles. The normalized spacial score (nSPS) is 10.8. The number of hydrogen-bond acceptors (Lipinski definition) is 5. The lowest BCUT2D eigenvalue weighted by Gasteiger charge is -2.04. The molecule has 6 nitrogen and oxygen atoms in total. The van der Waals surface area contributed by atoms with Crippen molar-refractivity contribution >= 4 is 17.7 Å². The van der Waals surface area contributed by atoms with Crippen molar-refractivity contribution in [3.63, 3.8) is 0 Å². The van der Waals surface area contributed by atoms with E-state index in [4.69, 9.17) is 4.42 Å². The summed E-state index contributed by atoms with van der Waals surface area (Å²) >= 11 is 1.37. The highest BCUT2D eigenvalue weighted by molar-refractivity contribution is 7.99. The fourth-order valence-corrected chi connectivity index (χ4v) is 2.59. The van der Waals surface area contributed by atoms with E-state index in [9.17, 15) is 4.79 Å². The molecular formula is C14H20N4O2S. The number of thioether (sulfide) groups is 1. The van der Waals surface area contributed by atoms with Crippen LogP contribution in [0.3, 0.4) is 0 Å². The van der Waals surface area contributed by atoms with Gasteiger partial charge in [-0.25, -0.2) is 0 Å². The van der Waals surface area contributed by atoms with Gasteiger partial charge in [-0.15, -0.1) is 10.2 Å². The number of hydrogen-bond donors (Lipinski definition) is 1. The first kappa shape index (κ1) is 15.6. The number of amides is 1. The van der Waals surface area contributed by atoms with E-state index in [1.54, 1.807) is 12.3 Å². The van der Waals surface area contributed by atoms with Crippen molar-refractivity contribution in [1.82, 2.24) is 20.1 Å². The predicted octanol–water partition coefficient (Wildman–Crippen LogP) is 2.47. The third kappa shape index (κ3) is 4.35. The van der Waals surface area contributed by atoms with Crippen LogP contribution in [0.4, 0.5) is 0 Å². The molecular weight excluding hydrogens is 288 g/mol. The van der Waals surface area contributed by atoms with Crippen LogP contribution >= 0.6 is 11.8 Å². The molecule has 0 aliphatic carbocycles. The number of nitrogens with one attached hydrogen (secondary N) is 1. The molecule has 2 rings (SSSR count). The Hall–Kier alpha value is -1.76. The van der Waals surface area contributed by atoms with Gasteiger partial charge in [0.25, 0.3) is 0 Å². The minimum absolute atomic E-state index is 0.0265. The Morgan fingerprint density at radius 3 is 3.00 bits per heavy atom. The van der Waals surface area contributed by atoms with Crippen molar-refractivity contribution in [3.05, 3.63) is 18.4 Å². The highest BCUT2D eigenvalue weighted by Gasteiger charge is 2.14. The summed E-state index contributed by atoms with van der Waals surface area (Å²) in [6, 6.07) is 3.64. The summed E-state index contributed by atoms with van der Waals surface area (Å²) in [4.78, 5) is 11.7. The number of carbonyl (C=O) groups excluding carboxylic acids is 1. The average Bonchev–Trinajstić information content (AvgIpc) is 3.11. The molecule has 2 heterocycles. The molecule has 0 bridgehead atoms. The molecule has 0 saturated carbocycles. The van der Waals surface area contributed by atoms with Crippen molar-refractivity contribution in [1.29, 1.82) is 0 Å². The molecule has 0 unspecified atom stereocenters. The van der Waals surface area contributed by atoms with Crippen molar-refractivity contribution in [2.45, 2.75) is 31.3 Å². The maximum Gasteiger partial charge on any atom is 0.230 e. The summed E-state index contributed by atoms with van der Waals surface area (Å²) in [7, 11) is 1.86. The van der Waals surface area contributed by atoms with Crippen molar-refractivity contribution in [2.75, 3.05) is 12.3 Å². The molecule has 0 radical (unpaired) electrons. The summed E-state index contributed by atoms with van der Waals surface area (Å²) < 4.78 is 7.13. The third-order valence-corrected chi connectivity index (χ3v) is 4.03. The molecule has 1 N–H and O–H groups in total. The molecule has 2 aromatic heterocycles. The number of rotatable bonds is 8. The van der Waals surface area contributed by atoms with Crippen LogP contribution in [0.1, 0.15) is 26.2 Å². The standard InChI is InChI=1S/C14H20N4O2S/c1-3-4-5-8-15-12(19)10-21-14-17-16-13(18(14)2)11-7-6-9-20-11/h6-7,9H,3-5,8,10H2,1-2H3,(H,15,19). The minimum atomic E-state index is 0.0265. The molecule has 21 heavy (non-hydrogen) atoms. The van der Waals surface area contributed by atoms with Gasteiger partial charge in [-0.1, -0.05) is 31.5 Å². The quantitative estimate of drug-likeness (QED) is 0.599. The van der Waals surface area contributed by atoms with Crippen LogP contribution < -0.4 is 5.32 Å². The Balaban J connectivity index is 1.83. The Labute approximate surface area is 128 Å².